The molecule has 0 radical (unpaired) electrons. The fraction of sp³-hybridized carbons (Fsp3) is 0. The number of thiocarbonyl (C=S) groups is 1. The number of amides is 1. The van der Waals surface area contributed by atoms with E-state index in [0.717, 1.165) is 15.6 Å². The number of hydrogen-bond donors (Lipinski definition) is 2. The van der Waals surface area contributed by atoms with E-state index in [1.165, 1.54) is 6.08 Å². The van der Waals surface area contributed by atoms with Crippen molar-refractivity contribution in [2.24, 2.45) is 0 Å². The molecule has 1 amide bonds. The summed E-state index contributed by atoms with van der Waals surface area (Å²) in [4.78, 5) is 16.9. The molecule has 0 bridgehead atoms. The van der Waals surface area contributed by atoms with Crippen molar-refractivity contribution in [3.05, 3.63) is 99.2 Å². The normalized spacial score (nSPS) is 11.2. The molecule has 0 atom stereocenters. The standard InChI is InChI=1S/C27H16BrCl2N3O3S/c28-17-3-1-2-15(10-17)26-32-22-14-20(4-7-24(22)36-26)31-27(37)33-25(34)9-6-21-5-8-23(35-21)16-11-18(29)13-19(30)12-16/h1-14H,(H2,31,33,34,37)/b9-6+. The number of nitrogens with zero attached hydrogens (tertiary/aromatic N) is 1. The fourth-order valence-electron chi connectivity index (χ4n) is 3.52. The third-order valence-electron chi connectivity index (χ3n) is 5.13. The van der Waals surface area contributed by atoms with Crippen LogP contribution in [-0.4, -0.2) is 16.0 Å². The van der Waals surface area contributed by atoms with Gasteiger partial charge >= 0.3 is 0 Å². The van der Waals surface area contributed by atoms with Gasteiger partial charge in [-0.15, -0.1) is 0 Å². The maximum Gasteiger partial charge on any atom is 0.250 e. The van der Waals surface area contributed by atoms with Gasteiger partial charge in [0.1, 0.15) is 17.0 Å². The highest BCUT2D eigenvalue weighted by Crippen LogP contribution is 2.29. The Kier molecular flexibility index (Phi) is 7.43. The lowest BCUT2D eigenvalue weighted by Gasteiger charge is -2.07. The first-order valence-electron chi connectivity index (χ1n) is 10.9. The number of oxazole rings is 1. The summed E-state index contributed by atoms with van der Waals surface area (Å²) in [5.74, 6) is 1.15. The molecule has 0 unspecified atom stereocenters. The summed E-state index contributed by atoms with van der Waals surface area (Å²) in [7, 11) is 0. The first-order valence-corrected chi connectivity index (χ1v) is 12.8. The second-order valence-electron chi connectivity index (χ2n) is 7.85. The lowest BCUT2D eigenvalue weighted by molar-refractivity contribution is -0.115. The molecule has 10 heteroatoms. The van der Waals surface area contributed by atoms with Crippen molar-refractivity contribution in [2.45, 2.75) is 0 Å². The van der Waals surface area contributed by atoms with E-state index in [4.69, 9.17) is 44.3 Å². The summed E-state index contributed by atoms with van der Waals surface area (Å²) in [6, 6.07) is 21.7. The number of aromatic nitrogens is 1. The van der Waals surface area contributed by atoms with Gasteiger partial charge in [0.15, 0.2) is 10.7 Å². The minimum Gasteiger partial charge on any atom is -0.457 e. The molecule has 2 heterocycles. The number of carbonyl (C=O) groups excluding carboxylic acids is 1. The zero-order valence-electron chi connectivity index (χ0n) is 18.8. The number of halogens is 3. The molecule has 184 valence electrons. The average Bonchev–Trinajstić information content (AvgIpc) is 3.49. The second-order valence-corrected chi connectivity index (χ2v) is 10.0. The molecule has 0 aliphatic carbocycles. The van der Waals surface area contributed by atoms with Gasteiger partial charge in [-0.2, -0.15) is 0 Å². The summed E-state index contributed by atoms with van der Waals surface area (Å²) in [6.07, 6.45) is 2.87. The van der Waals surface area contributed by atoms with Crippen LogP contribution < -0.4 is 10.6 Å². The number of furan rings is 1. The van der Waals surface area contributed by atoms with Gasteiger partial charge in [0.05, 0.1) is 0 Å². The van der Waals surface area contributed by atoms with E-state index in [0.29, 0.717) is 44.2 Å². The topological polar surface area (TPSA) is 80.3 Å². The molecular weight excluding hydrogens is 597 g/mol. The maximum atomic E-state index is 12.4. The number of rotatable bonds is 5. The number of fused-ring (bicyclic) bond motifs is 1. The maximum absolute atomic E-state index is 12.4. The Hall–Kier alpha value is -3.43. The van der Waals surface area contributed by atoms with Gasteiger partial charge in [0, 0.05) is 37.4 Å². The number of nitrogens with one attached hydrogen (secondary N) is 2. The highest BCUT2D eigenvalue weighted by Gasteiger charge is 2.11. The Labute approximate surface area is 235 Å². The molecule has 2 N–H and O–H groups in total. The summed E-state index contributed by atoms with van der Waals surface area (Å²) in [5, 5.41) is 6.74. The predicted octanol–water partition coefficient (Wildman–Crippen LogP) is 8.35. The van der Waals surface area contributed by atoms with Crippen molar-refractivity contribution >= 4 is 85.2 Å². The summed E-state index contributed by atoms with van der Waals surface area (Å²) >= 11 is 20.8. The average molecular weight is 613 g/mol. The van der Waals surface area contributed by atoms with Crippen LogP contribution in [0.3, 0.4) is 0 Å². The molecule has 37 heavy (non-hydrogen) atoms. The summed E-state index contributed by atoms with van der Waals surface area (Å²) in [5.41, 5.74) is 3.54. The van der Waals surface area contributed by atoms with E-state index in [2.05, 4.69) is 31.5 Å². The molecule has 5 aromatic rings. The van der Waals surface area contributed by atoms with Gasteiger partial charge in [-0.1, -0.05) is 45.2 Å². The number of carbonyl (C=O) groups is 1. The molecule has 0 saturated heterocycles. The van der Waals surface area contributed by atoms with Crippen molar-refractivity contribution in [1.82, 2.24) is 10.3 Å². The largest absolute Gasteiger partial charge is 0.457 e. The van der Waals surface area contributed by atoms with Crippen LogP contribution in [-0.2, 0) is 4.79 Å². The first kappa shape index (κ1) is 25.2. The molecule has 0 aliphatic heterocycles. The smallest absolute Gasteiger partial charge is 0.250 e. The van der Waals surface area contributed by atoms with Crippen LogP contribution in [0.4, 0.5) is 5.69 Å². The lowest BCUT2D eigenvalue weighted by atomic mass is 10.2. The van der Waals surface area contributed by atoms with Crippen LogP contribution in [0.5, 0.6) is 0 Å². The van der Waals surface area contributed by atoms with E-state index in [1.807, 2.05) is 24.3 Å². The van der Waals surface area contributed by atoms with Gasteiger partial charge in [-0.25, -0.2) is 4.98 Å². The minimum atomic E-state index is -0.416. The molecule has 6 nitrogen and oxygen atoms in total. The van der Waals surface area contributed by atoms with Crippen LogP contribution in [0, 0.1) is 0 Å². The van der Waals surface area contributed by atoms with Crippen molar-refractivity contribution in [1.29, 1.82) is 0 Å². The Bertz CT molecular complexity index is 1660. The SMILES string of the molecule is O=C(/C=C/c1ccc(-c2cc(Cl)cc(Cl)c2)o1)NC(=S)Nc1ccc2oc(-c3cccc(Br)c3)nc2c1. The Balaban J connectivity index is 1.21. The highest BCUT2D eigenvalue weighted by molar-refractivity contribution is 9.10. The number of benzene rings is 3. The van der Waals surface area contributed by atoms with Gasteiger partial charge in [0.2, 0.25) is 11.8 Å². The Morgan fingerprint density at radius 2 is 1.76 bits per heavy atom. The van der Waals surface area contributed by atoms with Crippen molar-refractivity contribution in [2.75, 3.05) is 5.32 Å². The van der Waals surface area contributed by atoms with E-state index < -0.39 is 5.91 Å². The second kappa shape index (κ2) is 10.9. The molecule has 5 rings (SSSR count). The molecule has 0 fully saturated rings. The Morgan fingerprint density at radius 3 is 2.54 bits per heavy atom. The third-order valence-corrected chi connectivity index (χ3v) is 6.26. The third kappa shape index (κ3) is 6.29. The van der Waals surface area contributed by atoms with Crippen LogP contribution in [0.1, 0.15) is 5.76 Å². The molecular formula is C27H16BrCl2N3O3S. The molecule has 0 saturated carbocycles. The van der Waals surface area contributed by atoms with E-state index in [1.54, 1.807) is 54.6 Å². The first-order chi connectivity index (χ1) is 17.8. The van der Waals surface area contributed by atoms with E-state index in [-0.39, 0.29) is 5.11 Å². The molecule has 2 aromatic heterocycles. The lowest BCUT2D eigenvalue weighted by Crippen LogP contribution is -2.32. The van der Waals surface area contributed by atoms with Crippen molar-refractivity contribution < 1.29 is 13.6 Å². The van der Waals surface area contributed by atoms with Crippen LogP contribution in [0.25, 0.3) is 40.0 Å². The van der Waals surface area contributed by atoms with Gasteiger partial charge < -0.3 is 14.2 Å². The summed E-state index contributed by atoms with van der Waals surface area (Å²) in [6.45, 7) is 0. The monoisotopic (exact) mass is 611 g/mol. The summed E-state index contributed by atoms with van der Waals surface area (Å²) < 4.78 is 12.6. The quantitative estimate of drug-likeness (QED) is 0.153. The van der Waals surface area contributed by atoms with Gasteiger partial charge in [-0.05, 0) is 85.0 Å². The zero-order valence-corrected chi connectivity index (χ0v) is 22.7. The Morgan fingerprint density at radius 1 is 0.946 bits per heavy atom. The molecule has 3 aromatic carbocycles. The highest BCUT2D eigenvalue weighted by atomic mass is 79.9. The number of anilines is 1. The molecule has 0 spiro atoms. The van der Waals surface area contributed by atoms with Gasteiger partial charge in [0.25, 0.3) is 0 Å². The van der Waals surface area contributed by atoms with E-state index >= 15 is 0 Å². The van der Waals surface area contributed by atoms with E-state index in [9.17, 15) is 4.79 Å². The minimum absolute atomic E-state index is 0.137. The zero-order chi connectivity index (χ0) is 25.9. The van der Waals surface area contributed by atoms with Crippen molar-refractivity contribution in [3.63, 3.8) is 0 Å². The molecule has 0 aliphatic rings. The van der Waals surface area contributed by atoms with Crippen LogP contribution >= 0.6 is 51.3 Å². The van der Waals surface area contributed by atoms with Crippen molar-refractivity contribution in [3.8, 4) is 22.8 Å². The fourth-order valence-corrected chi connectivity index (χ4v) is 4.66. The van der Waals surface area contributed by atoms with Crippen LogP contribution in [0.2, 0.25) is 10.0 Å². The van der Waals surface area contributed by atoms with Crippen LogP contribution in [0.15, 0.2) is 92.2 Å². The predicted molar refractivity (Wildman–Crippen MR) is 155 cm³/mol. The number of hydrogen-bond acceptors (Lipinski definition) is 5. The van der Waals surface area contributed by atoms with Gasteiger partial charge in [-0.3, -0.25) is 10.1 Å².